The number of nitrogens with zero attached hydrogens (tertiary/aromatic N) is 1. The molecule has 0 aliphatic carbocycles. The Bertz CT molecular complexity index is 987. The number of benzene rings is 3. The summed E-state index contributed by atoms with van der Waals surface area (Å²) in [5.41, 5.74) is 0.651. The van der Waals surface area contributed by atoms with Crippen molar-refractivity contribution in [2.24, 2.45) is 0 Å². The van der Waals surface area contributed by atoms with Gasteiger partial charge >= 0.3 is 5.69 Å². The molecule has 0 unspecified atom stereocenters. The Morgan fingerprint density at radius 2 is 1.69 bits per heavy atom. The summed E-state index contributed by atoms with van der Waals surface area (Å²) in [6, 6.07) is 13.1. The van der Waals surface area contributed by atoms with Gasteiger partial charge in [-0.1, -0.05) is 12.1 Å². The largest absolute Gasteiger partial charge is 0.450 e. The second-order valence-corrected chi connectivity index (χ2v) is 5.35. The van der Waals surface area contributed by atoms with Crippen molar-refractivity contribution in [3.63, 3.8) is 0 Å². The SMILES string of the molecule is O=Cc1ccc([N+](=O)[O-])c(Oc2ccc(-c3ccc(F)cc3F)cc2)c1. The molecular formula is C19H11F2NO4. The van der Waals surface area contributed by atoms with Gasteiger partial charge in [0.05, 0.1) is 4.92 Å². The summed E-state index contributed by atoms with van der Waals surface area (Å²) < 4.78 is 32.3. The molecule has 0 fully saturated rings. The molecule has 0 aliphatic heterocycles. The van der Waals surface area contributed by atoms with Gasteiger partial charge < -0.3 is 4.74 Å². The molecule has 0 N–H and O–H groups in total. The number of rotatable bonds is 5. The third-order valence-electron chi connectivity index (χ3n) is 3.64. The Hall–Kier alpha value is -3.61. The van der Waals surface area contributed by atoms with Gasteiger partial charge in [-0.2, -0.15) is 0 Å². The van der Waals surface area contributed by atoms with Crippen molar-refractivity contribution in [1.82, 2.24) is 0 Å². The molecule has 0 saturated carbocycles. The van der Waals surface area contributed by atoms with Crippen LogP contribution in [0, 0.1) is 21.7 Å². The van der Waals surface area contributed by atoms with Crippen LogP contribution in [0.1, 0.15) is 10.4 Å². The van der Waals surface area contributed by atoms with E-state index < -0.39 is 16.6 Å². The molecule has 0 bridgehead atoms. The first-order chi connectivity index (χ1) is 12.5. The molecule has 5 nitrogen and oxygen atoms in total. The van der Waals surface area contributed by atoms with Gasteiger partial charge in [0.1, 0.15) is 23.7 Å². The molecule has 3 aromatic rings. The lowest BCUT2D eigenvalue weighted by molar-refractivity contribution is -0.385. The number of nitro groups is 1. The lowest BCUT2D eigenvalue weighted by Gasteiger charge is -2.08. The zero-order valence-electron chi connectivity index (χ0n) is 13.2. The van der Waals surface area contributed by atoms with Crippen molar-refractivity contribution in [3.8, 4) is 22.6 Å². The van der Waals surface area contributed by atoms with Crippen LogP contribution in [-0.2, 0) is 0 Å². The van der Waals surface area contributed by atoms with E-state index in [0.29, 0.717) is 11.8 Å². The molecule has 0 amide bonds. The number of nitro benzene ring substituents is 1. The van der Waals surface area contributed by atoms with Gasteiger partial charge in [-0.05, 0) is 42.0 Å². The van der Waals surface area contributed by atoms with E-state index in [1.54, 1.807) is 12.1 Å². The highest BCUT2D eigenvalue weighted by Crippen LogP contribution is 2.33. The molecule has 26 heavy (non-hydrogen) atoms. The number of halogens is 2. The van der Waals surface area contributed by atoms with Gasteiger partial charge in [-0.15, -0.1) is 0 Å². The molecular weight excluding hydrogens is 344 g/mol. The predicted octanol–water partition coefficient (Wildman–Crippen LogP) is 5.14. The van der Waals surface area contributed by atoms with E-state index in [0.717, 1.165) is 12.1 Å². The van der Waals surface area contributed by atoms with Gasteiger partial charge in [0.15, 0.2) is 0 Å². The minimum atomic E-state index is -0.701. The number of hydrogen-bond donors (Lipinski definition) is 0. The Balaban J connectivity index is 1.90. The number of carbonyl (C=O) groups is 1. The summed E-state index contributed by atoms with van der Waals surface area (Å²) in [5, 5.41) is 11.1. The fraction of sp³-hybridized carbons (Fsp3) is 0. The third-order valence-corrected chi connectivity index (χ3v) is 3.64. The van der Waals surface area contributed by atoms with Gasteiger partial charge in [-0.3, -0.25) is 14.9 Å². The average molecular weight is 355 g/mol. The van der Waals surface area contributed by atoms with E-state index in [1.807, 2.05) is 0 Å². The number of aldehydes is 1. The van der Waals surface area contributed by atoms with Crippen LogP contribution in [0.25, 0.3) is 11.1 Å². The van der Waals surface area contributed by atoms with Crippen molar-refractivity contribution < 1.29 is 23.2 Å². The maximum Gasteiger partial charge on any atom is 0.311 e. The van der Waals surface area contributed by atoms with Crippen molar-refractivity contribution in [2.75, 3.05) is 0 Å². The minimum Gasteiger partial charge on any atom is -0.450 e. The zero-order chi connectivity index (χ0) is 18.7. The molecule has 0 saturated heterocycles. The molecule has 0 atom stereocenters. The minimum absolute atomic E-state index is 0.0830. The molecule has 0 radical (unpaired) electrons. The van der Waals surface area contributed by atoms with E-state index in [4.69, 9.17) is 4.74 Å². The number of ether oxygens (including phenoxy) is 1. The molecule has 0 aromatic heterocycles. The molecule has 130 valence electrons. The molecule has 7 heteroatoms. The highest BCUT2D eigenvalue weighted by Gasteiger charge is 2.16. The highest BCUT2D eigenvalue weighted by molar-refractivity contribution is 5.77. The summed E-state index contributed by atoms with van der Waals surface area (Å²) in [7, 11) is 0. The van der Waals surface area contributed by atoms with Crippen LogP contribution >= 0.6 is 0 Å². The maximum atomic E-state index is 13.8. The lowest BCUT2D eigenvalue weighted by atomic mass is 10.1. The van der Waals surface area contributed by atoms with Gasteiger partial charge in [0.25, 0.3) is 0 Å². The number of carbonyl (C=O) groups excluding carboxylic acids is 1. The normalized spacial score (nSPS) is 10.4. The van der Waals surface area contributed by atoms with E-state index in [1.165, 1.54) is 36.4 Å². The van der Waals surface area contributed by atoms with E-state index in [9.17, 15) is 23.7 Å². The Morgan fingerprint density at radius 3 is 2.31 bits per heavy atom. The average Bonchev–Trinajstić information content (AvgIpc) is 2.62. The van der Waals surface area contributed by atoms with E-state index in [-0.39, 0.29) is 28.3 Å². The van der Waals surface area contributed by atoms with Gasteiger partial charge in [-0.25, -0.2) is 8.78 Å². The second-order valence-electron chi connectivity index (χ2n) is 5.35. The first-order valence-corrected chi connectivity index (χ1v) is 7.45. The summed E-state index contributed by atoms with van der Waals surface area (Å²) in [4.78, 5) is 21.3. The van der Waals surface area contributed by atoms with Crippen molar-refractivity contribution in [2.45, 2.75) is 0 Å². The Kier molecular flexibility index (Phi) is 4.70. The number of hydrogen-bond acceptors (Lipinski definition) is 4. The monoisotopic (exact) mass is 355 g/mol. The first kappa shape index (κ1) is 17.2. The van der Waals surface area contributed by atoms with Crippen LogP contribution in [0.2, 0.25) is 0 Å². The van der Waals surface area contributed by atoms with Gasteiger partial charge in [0, 0.05) is 23.3 Å². The molecule has 3 rings (SSSR count). The summed E-state index contributed by atoms with van der Waals surface area (Å²) in [6.07, 6.45) is 0.553. The standard InChI is InChI=1S/C19H11F2NO4/c20-14-4-7-16(17(21)10-14)13-2-5-15(6-3-13)26-19-9-12(11-23)1-8-18(19)22(24)25/h1-11H. The second kappa shape index (κ2) is 7.10. The quantitative estimate of drug-likeness (QED) is 0.361. The molecule has 0 heterocycles. The summed E-state index contributed by atoms with van der Waals surface area (Å²) in [6.45, 7) is 0. The Morgan fingerprint density at radius 1 is 0.962 bits per heavy atom. The van der Waals surface area contributed by atoms with Crippen LogP contribution in [0.15, 0.2) is 60.7 Å². The highest BCUT2D eigenvalue weighted by atomic mass is 19.1. The molecule has 0 aliphatic rings. The van der Waals surface area contributed by atoms with Crippen LogP contribution in [0.4, 0.5) is 14.5 Å². The lowest BCUT2D eigenvalue weighted by Crippen LogP contribution is -1.95. The van der Waals surface area contributed by atoms with E-state index in [2.05, 4.69) is 0 Å². The fourth-order valence-electron chi connectivity index (χ4n) is 2.39. The van der Waals surface area contributed by atoms with Crippen molar-refractivity contribution >= 4 is 12.0 Å². The summed E-state index contributed by atoms with van der Waals surface area (Å²) >= 11 is 0. The molecule has 3 aromatic carbocycles. The Labute approximate surface area is 146 Å². The maximum absolute atomic E-state index is 13.8. The zero-order valence-corrected chi connectivity index (χ0v) is 13.2. The molecule has 0 spiro atoms. The first-order valence-electron chi connectivity index (χ1n) is 7.45. The van der Waals surface area contributed by atoms with Crippen LogP contribution in [0.3, 0.4) is 0 Å². The van der Waals surface area contributed by atoms with Crippen LogP contribution in [-0.4, -0.2) is 11.2 Å². The van der Waals surface area contributed by atoms with Crippen molar-refractivity contribution in [3.05, 3.63) is 88.0 Å². The van der Waals surface area contributed by atoms with Crippen LogP contribution in [0.5, 0.6) is 11.5 Å². The third kappa shape index (κ3) is 3.56. The fourth-order valence-corrected chi connectivity index (χ4v) is 2.39. The predicted molar refractivity (Wildman–Crippen MR) is 90.4 cm³/mol. The topological polar surface area (TPSA) is 69.4 Å². The van der Waals surface area contributed by atoms with Crippen LogP contribution < -0.4 is 4.74 Å². The summed E-state index contributed by atoms with van der Waals surface area (Å²) in [5.74, 6) is -1.19. The van der Waals surface area contributed by atoms with Crippen molar-refractivity contribution in [1.29, 1.82) is 0 Å². The smallest absolute Gasteiger partial charge is 0.311 e. The van der Waals surface area contributed by atoms with E-state index >= 15 is 0 Å². The van der Waals surface area contributed by atoms with Gasteiger partial charge in [0.2, 0.25) is 5.75 Å².